The highest BCUT2D eigenvalue weighted by molar-refractivity contribution is 5.66. The molecule has 1 aromatic rings. The Bertz CT molecular complexity index is 377. The van der Waals surface area contributed by atoms with Gasteiger partial charge in [-0.2, -0.15) is 0 Å². The molecule has 1 fully saturated rings. The van der Waals surface area contributed by atoms with Gasteiger partial charge in [0.15, 0.2) is 0 Å². The molecule has 0 radical (unpaired) electrons. The minimum Gasteiger partial charge on any atom is -0.481 e. The van der Waals surface area contributed by atoms with Crippen molar-refractivity contribution in [3.63, 3.8) is 0 Å². The molecule has 1 N–H and O–H groups in total. The number of carbonyl (C=O) groups is 1. The number of likely N-dealkylation sites (tertiary alicyclic amines) is 1. The highest BCUT2D eigenvalue weighted by Crippen LogP contribution is 2.20. The third kappa shape index (κ3) is 4.15. The van der Waals surface area contributed by atoms with E-state index in [0.29, 0.717) is 6.42 Å². The van der Waals surface area contributed by atoms with E-state index in [1.807, 2.05) is 0 Å². The number of hydrogen-bond acceptors (Lipinski definition) is 2. The summed E-state index contributed by atoms with van der Waals surface area (Å²) < 4.78 is 0. The van der Waals surface area contributed by atoms with Gasteiger partial charge in [0.05, 0.1) is 0 Å². The van der Waals surface area contributed by atoms with Crippen LogP contribution in [0.25, 0.3) is 0 Å². The normalized spacial score (nSPS) is 20.1. The van der Waals surface area contributed by atoms with E-state index < -0.39 is 5.97 Å². The Morgan fingerprint density at radius 2 is 2.11 bits per heavy atom. The van der Waals surface area contributed by atoms with Crippen LogP contribution < -0.4 is 0 Å². The van der Waals surface area contributed by atoms with Gasteiger partial charge in [-0.3, -0.25) is 4.79 Å². The molecule has 0 spiro atoms. The third-order valence-corrected chi connectivity index (χ3v) is 3.60. The maximum atomic E-state index is 10.5. The number of benzene rings is 1. The van der Waals surface area contributed by atoms with Crippen molar-refractivity contribution in [1.82, 2.24) is 4.90 Å². The van der Waals surface area contributed by atoms with Gasteiger partial charge in [-0.15, -0.1) is 0 Å². The lowest BCUT2D eigenvalue weighted by Crippen LogP contribution is -2.22. The standard InChI is InChI=1S/C15H21NO2/c17-15(18)7-4-9-16-10-8-14(12-16)11-13-5-2-1-3-6-13/h1-3,5-6,14H,4,7-12H2,(H,17,18)/t14-/m1/s1. The Balaban J connectivity index is 1.70. The topological polar surface area (TPSA) is 40.5 Å². The Hall–Kier alpha value is -1.35. The van der Waals surface area contributed by atoms with E-state index >= 15 is 0 Å². The third-order valence-electron chi connectivity index (χ3n) is 3.60. The maximum absolute atomic E-state index is 10.5. The van der Waals surface area contributed by atoms with E-state index in [1.165, 1.54) is 12.0 Å². The second kappa shape index (κ2) is 6.55. The number of carboxylic acid groups (broad SMARTS) is 1. The van der Waals surface area contributed by atoms with Crippen LogP contribution in [0.5, 0.6) is 0 Å². The van der Waals surface area contributed by atoms with Gasteiger partial charge in [0.2, 0.25) is 0 Å². The number of rotatable bonds is 6. The minimum atomic E-state index is -0.685. The average Bonchev–Trinajstić information content (AvgIpc) is 2.78. The molecule has 0 unspecified atom stereocenters. The van der Waals surface area contributed by atoms with E-state index in [9.17, 15) is 4.79 Å². The summed E-state index contributed by atoms with van der Waals surface area (Å²) in [6.45, 7) is 3.17. The summed E-state index contributed by atoms with van der Waals surface area (Å²) in [6, 6.07) is 10.6. The second-order valence-corrected chi connectivity index (χ2v) is 5.14. The summed E-state index contributed by atoms with van der Waals surface area (Å²) in [7, 11) is 0. The van der Waals surface area contributed by atoms with E-state index in [4.69, 9.17) is 5.11 Å². The van der Waals surface area contributed by atoms with E-state index in [-0.39, 0.29) is 0 Å². The van der Waals surface area contributed by atoms with Crippen molar-refractivity contribution < 1.29 is 9.90 Å². The lowest BCUT2D eigenvalue weighted by Gasteiger charge is -2.15. The van der Waals surface area contributed by atoms with Crippen LogP contribution in [0.15, 0.2) is 30.3 Å². The molecule has 3 nitrogen and oxygen atoms in total. The molecule has 0 bridgehead atoms. The SMILES string of the molecule is O=C(O)CCCN1CC[C@H](Cc2ccccc2)C1. The molecule has 1 saturated heterocycles. The number of carboxylic acids is 1. The minimum absolute atomic E-state index is 0.292. The van der Waals surface area contributed by atoms with Crippen LogP contribution in [0.2, 0.25) is 0 Å². The Morgan fingerprint density at radius 1 is 1.33 bits per heavy atom. The van der Waals surface area contributed by atoms with Crippen LogP contribution in [-0.4, -0.2) is 35.6 Å². The molecule has 1 aliphatic rings. The lowest BCUT2D eigenvalue weighted by atomic mass is 9.99. The zero-order valence-electron chi connectivity index (χ0n) is 10.7. The van der Waals surface area contributed by atoms with Crippen LogP contribution in [0.4, 0.5) is 0 Å². The van der Waals surface area contributed by atoms with Crippen LogP contribution in [0.1, 0.15) is 24.8 Å². The van der Waals surface area contributed by atoms with Gasteiger partial charge >= 0.3 is 5.97 Å². The van der Waals surface area contributed by atoms with Crippen LogP contribution in [-0.2, 0) is 11.2 Å². The van der Waals surface area contributed by atoms with Gasteiger partial charge in [-0.1, -0.05) is 30.3 Å². The maximum Gasteiger partial charge on any atom is 0.303 e. The van der Waals surface area contributed by atoms with Gasteiger partial charge in [-0.05, 0) is 43.8 Å². The summed E-state index contributed by atoms with van der Waals surface area (Å²) in [5.41, 5.74) is 1.41. The van der Waals surface area contributed by atoms with Gasteiger partial charge in [-0.25, -0.2) is 0 Å². The zero-order valence-corrected chi connectivity index (χ0v) is 10.7. The van der Waals surface area contributed by atoms with Crippen molar-refractivity contribution in [2.75, 3.05) is 19.6 Å². The highest BCUT2D eigenvalue weighted by atomic mass is 16.4. The lowest BCUT2D eigenvalue weighted by molar-refractivity contribution is -0.137. The highest BCUT2D eigenvalue weighted by Gasteiger charge is 2.22. The van der Waals surface area contributed by atoms with Crippen molar-refractivity contribution in [3.8, 4) is 0 Å². The molecular weight excluding hydrogens is 226 g/mol. The monoisotopic (exact) mass is 247 g/mol. The fourth-order valence-corrected chi connectivity index (χ4v) is 2.68. The summed E-state index contributed by atoms with van der Waals surface area (Å²) in [6.07, 6.45) is 3.45. The summed E-state index contributed by atoms with van der Waals surface area (Å²) >= 11 is 0. The molecule has 0 aliphatic carbocycles. The molecule has 3 heteroatoms. The molecular formula is C15H21NO2. The fourth-order valence-electron chi connectivity index (χ4n) is 2.68. The van der Waals surface area contributed by atoms with Crippen molar-refractivity contribution in [2.24, 2.45) is 5.92 Å². The molecule has 0 aromatic heterocycles. The largest absolute Gasteiger partial charge is 0.481 e. The molecule has 2 rings (SSSR count). The van der Waals surface area contributed by atoms with Crippen molar-refractivity contribution in [3.05, 3.63) is 35.9 Å². The molecule has 98 valence electrons. The zero-order chi connectivity index (χ0) is 12.8. The number of aliphatic carboxylic acids is 1. The first-order chi connectivity index (χ1) is 8.74. The Kier molecular flexibility index (Phi) is 4.76. The first-order valence-electron chi connectivity index (χ1n) is 6.72. The molecule has 1 atom stereocenters. The molecule has 0 saturated carbocycles. The van der Waals surface area contributed by atoms with Crippen molar-refractivity contribution >= 4 is 5.97 Å². The molecule has 0 amide bonds. The van der Waals surface area contributed by atoms with Crippen LogP contribution in [0, 0.1) is 5.92 Å². The number of hydrogen-bond donors (Lipinski definition) is 1. The van der Waals surface area contributed by atoms with Crippen LogP contribution >= 0.6 is 0 Å². The summed E-state index contributed by atoms with van der Waals surface area (Å²) in [5, 5.41) is 8.62. The van der Waals surface area contributed by atoms with Crippen LogP contribution in [0.3, 0.4) is 0 Å². The van der Waals surface area contributed by atoms with Crippen molar-refractivity contribution in [2.45, 2.75) is 25.7 Å². The van der Waals surface area contributed by atoms with Gasteiger partial charge in [0.1, 0.15) is 0 Å². The quantitative estimate of drug-likeness (QED) is 0.839. The smallest absolute Gasteiger partial charge is 0.303 e. The average molecular weight is 247 g/mol. The van der Waals surface area contributed by atoms with Gasteiger partial charge in [0, 0.05) is 13.0 Å². The summed E-state index contributed by atoms with van der Waals surface area (Å²) in [4.78, 5) is 12.9. The molecule has 1 heterocycles. The molecule has 1 aliphatic heterocycles. The Morgan fingerprint density at radius 3 is 2.83 bits per heavy atom. The second-order valence-electron chi connectivity index (χ2n) is 5.14. The molecule has 1 aromatic carbocycles. The van der Waals surface area contributed by atoms with E-state index in [1.54, 1.807) is 0 Å². The predicted octanol–water partition coefficient (Wildman–Crippen LogP) is 2.42. The first-order valence-corrected chi connectivity index (χ1v) is 6.72. The van der Waals surface area contributed by atoms with Gasteiger partial charge < -0.3 is 10.0 Å². The number of nitrogens with zero attached hydrogens (tertiary/aromatic N) is 1. The fraction of sp³-hybridized carbons (Fsp3) is 0.533. The van der Waals surface area contributed by atoms with Crippen molar-refractivity contribution in [1.29, 1.82) is 0 Å². The predicted molar refractivity (Wildman–Crippen MR) is 71.6 cm³/mol. The molecule has 18 heavy (non-hydrogen) atoms. The van der Waals surface area contributed by atoms with Gasteiger partial charge in [0.25, 0.3) is 0 Å². The summed E-state index contributed by atoms with van der Waals surface area (Å²) in [5.74, 6) is 0.0484. The first kappa shape index (κ1) is 13.1. The Labute approximate surface area is 108 Å². The van der Waals surface area contributed by atoms with E-state index in [2.05, 4.69) is 35.2 Å². The van der Waals surface area contributed by atoms with E-state index in [0.717, 1.165) is 38.4 Å².